The first-order valence-corrected chi connectivity index (χ1v) is 20.6. The third-order valence-electron chi connectivity index (χ3n) is 8.40. The highest BCUT2D eigenvalue weighted by Crippen LogP contribution is 2.43. The van der Waals surface area contributed by atoms with Gasteiger partial charge in [-0.1, -0.05) is 155 Å². The number of esters is 1. The summed E-state index contributed by atoms with van der Waals surface area (Å²) in [6.07, 6.45) is 27.0. The van der Waals surface area contributed by atoms with Crippen LogP contribution in [0.2, 0.25) is 0 Å². The number of hydrogen-bond acceptors (Lipinski definition) is 8. The minimum Gasteiger partial charge on any atom is -0.480 e. The van der Waals surface area contributed by atoms with Gasteiger partial charge in [-0.3, -0.25) is 18.6 Å². The van der Waals surface area contributed by atoms with Crippen molar-refractivity contribution >= 4 is 25.7 Å². The predicted molar refractivity (Wildman–Crippen MR) is 190 cm³/mol. The number of carboxylic acid groups (broad SMARTS) is 1. The summed E-state index contributed by atoms with van der Waals surface area (Å²) >= 11 is 0. The number of unbranched alkanes of at least 4 members (excludes halogenated alkanes) is 22. The zero-order valence-corrected chi connectivity index (χ0v) is 31.2. The number of aliphatic carboxylic acids is 1. The van der Waals surface area contributed by atoms with Crippen molar-refractivity contribution in [2.75, 3.05) is 19.8 Å². The van der Waals surface area contributed by atoms with E-state index in [4.69, 9.17) is 13.8 Å². The molecule has 1 amide bonds. The summed E-state index contributed by atoms with van der Waals surface area (Å²) in [5.41, 5.74) is 0. The van der Waals surface area contributed by atoms with E-state index >= 15 is 0 Å². The van der Waals surface area contributed by atoms with Crippen LogP contribution in [-0.4, -0.2) is 64.9 Å². The summed E-state index contributed by atoms with van der Waals surface area (Å²) in [5, 5.41) is 21.7. The predicted octanol–water partition coefficient (Wildman–Crippen LogP) is 8.78. The Labute approximate surface area is 291 Å². The number of hydrogen-bond donors (Lipinski definition) is 4. The first kappa shape index (κ1) is 46.5. The van der Waals surface area contributed by atoms with Gasteiger partial charge < -0.3 is 25.2 Å². The number of nitrogens with one attached hydrogen (secondary N) is 1. The van der Waals surface area contributed by atoms with Gasteiger partial charge >= 0.3 is 19.8 Å². The lowest BCUT2D eigenvalue weighted by molar-refractivity contribution is -0.147. The van der Waals surface area contributed by atoms with Gasteiger partial charge in [-0.2, -0.15) is 0 Å². The molecule has 3 unspecified atom stereocenters. The van der Waals surface area contributed by atoms with Crippen LogP contribution in [0.3, 0.4) is 0 Å². The average molecular weight is 708 g/mol. The molecule has 0 radical (unpaired) electrons. The van der Waals surface area contributed by atoms with Crippen molar-refractivity contribution in [2.24, 2.45) is 0 Å². The standard InChI is InChI=1S/C36H70NO10P/c1-3-5-7-9-11-13-15-16-18-19-21-23-25-27-34(39)37-33(36(41)42)31-47-48(43,44)46-30-32(38)29-45-35(40)28-26-24-22-20-17-14-12-10-8-6-4-2/h32-33,38H,3-31H2,1-2H3,(H,37,39)(H,41,42)(H,43,44). The Hall–Kier alpha value is -1.52. The molecule has 0 rings (SSSR count). The molecule has 0 fully saturated rings. The Kier molecular flexibility index (Phi) is 31.6. The second-order valence-electron chi connectivity index (χ2n) is 13.1. The van der Waals surface area contributed by atoms with E-state index in [1.807, 2.05) is 0 Å². The van der Waals surface area contributed by atoms with E-state index in [1.54, 1.807) is 0 Å². The first-order chi connectivity index (χ1) is 23.1. The van der Waals surface area contributed by atoms with Gasteiger partial charge in [-0.15, -0.1) is 0 Å². The lowest BCUT2D eigenvalue weighted by Crippen LogP contribution is -2.43. The Morgan fingerprint density at radius 3 is 1.38 bits per heavy atom. The van der Waals surface area contributed by atoms with Crippen molar-refractivity contribution in [3.05, 3.63) is 0 Å². The number of phosphoric ester groups is 1. The highest BCUT2D eigenvalue weighted by molar-refractivity contribution is 7.47. The third-order valence-corrected chi connectivity index (χ3v) is 9.35. The summed E-state index contributed by atoms with van der Waals surface area (Å²) < 4.78 is 26.7. The molecule has 284 valence electrons. The second-order valence-corrected chi connectivity index (χ2v) is 14.6. The van der Waals surface area contributed by atoms with E-state index in [9.17, 15) is 34.1 Å². The van der Waals surface area contributed by atoms with Crippen LogP contribution in [0.25, 0.3) is 0 Å². The Morgan fingerprint density at radius 2 is 0.958 bits per heavy atom. The lowest BCUT2D eigenvalue weighted by atomic mass is 10.0. The van der Waals surface area contributed by atoms with E-state index in [2.05, 4.69) is 19.2 Å². The average Bonchev–Trinajstić information content (AvgIpc) is 3.05. The number of amides is 1. The van der Waals surface area contributed by atoms with Crippen molar-refractivity contribution in [1.82, 2.24) is 5.32 Å². The van der Waals surface area contributed by atoms with Crippen LogP contribution in [0.15, 0.2) is 0 Å². The molecular weight excluding hydrogens is 637 g/mol. The highest BCUT2D eigenvalue weighted by Gasteiger charge is 2.28. The van der Waals surface area contributed by atoms with Crippen molar-refractivity contribution in [1.29, 1.82) is 0 Å². The van der Waals surface area contributed by atoms with Crippen LogP contribution in [0.5, 0.6) is 0 Å². The maximum Gasteiger partial charge on any atom is 0.472 e. The number of rotatable bonds is 36. The maximum absolute atomic E-state index is 12.2. The van der Waals surface area contributed by atoms with Gasteiger partial charge in [0.05, 0.1) is 13.2 Å². The SMILES string of the molecule is CCCCCCCCCCCCCCCC(=O)NC(COP(=O)(O)OCC(O)COC(=O)CCCCCCCCCCCCC)C(=O)O. The van der Waals surface area contributed by atoms with Crippen LogP contribution in [0, 0.1) is 0 Å². The Morgan fingerprint density at radius 1 is 0.583 bits per heavy atom. The van der Waals surface area contributed by atoms with Crippen LogP contribution in [-0.2, 0) is 32.7 Å². The van der Waals surface area contributed by atoms with Gasteiger partial charge in [0.2, 0.25) is 5.91 Å². The first-order valence-electron chi connectivity index (χ1n) is 19.1. The summed E-state index contributed by atoms with van der Waals surface area (Å²) in [6, 6.07) is -1.54. The monoisotopic (exact) mass is 707 g/mol. The van der Waals surface area contributed by atoms with Gasteiger partial charge in [-0.25, -0.2) is 9.36 Å². The van der Waals surface area contributed by atoms with Gasteiger partial charge in [0, 0.05) is 12.8 Å². The second kappa shape index (κ2) is 32.7. The van der Waals surface area contributed by atoms with Gasteiger partial charge in [-0.05, 0) is 12.8 Å². The fourth-order valence-corrected chi connectivity index (χ4v) is 6.15. The molecule has 0 saturated heterocycles. The molecule has 0 heterocycles. The maximum atomic E-state index is 12.2. The van der Waals surface area contributed by atoms with E-state index in [0.29, 0.717) is 12.8 Å². The molecule has 48 heavy (non-hydrogen) atoms. The summed E-state index contributed by atoms with van der Waals surface area (Å²) in [4.78, 5) is 45.6. The molecule has 0 aromatic carbocycles. The van der Waals surface area contributed by atoms with E-state index in [0.717, 1.165) is 38.5 Å². The van der Waals surface area contributed by atoms with Crippen molar-refractivity contribution < 1.29 is 47.8 Å². The topological polar surface area (TPSA) is 169 Å². The number of aliphatic hydroxyl groups excluding tert-OH is 1. The van der Waals surface area contributed by atoms with Crippen LogP contribution >= 0.6 is 7.82 Å². The molecule has 0 bridgehead atoms. The summed E-state index contributed by atoms with van der Waals surface area (Å²) in [5.74, 6) is -2.36. The lowest BCUT2D eigenvalue weighted by Gasteiger charge is -2.18. The molecule has 0 aromatic rings. The summed E-state index contributed by atoms with van der Waals surface area (Å²) in [6.45, 7) is 2.57. The van der Waals surface area contributed by atoms with E-state index < -0.39 is 57.6 Å². The quantitative estimate of drug-likeness (QED) is 0.0281. The molecule has 0 saturated carbocycles. The molecule has 0 aliphatic carbocycles. The molecule has 0 spiro atoms. The number of carbonyl (C=O) groups excluding carboxylic acids is 2. The zero-order chi connectivity index (χ0) is 35.7. The fraction of sp³-hybridized carbons (Fsp3) is 0.917. The highest BCUT2D eigenvalue weighted by atomic mass is 31.2. The molecule has 4 N–H and O–H groups in total. The van der Waals surface area contributed by atoms with Crippen molar-refractivity contribution in [3.8, 4) is 0 Å². The Bertz CT molecular complexity index is 844. The third kappa shape index (κ3) is 31.7. The number of phosphoric acid groups is 1. The smallest absolute Gasteiger partial charge is 0.472 e. The normalized spacial score (nSPS) is 13.9. The van der Waals surface area contributed by atoms with Crippen molar-refractivity contribution in [3.63, 3.8) is 0 Å². The molecular formula is C36H70NO10P. The molecule has 12 heteroatoms. The minimum atomic E-state index is -4.74. The van der Waals surface area contributed by atoms with Crippen LogP contribution in [0.4, 0.5) is 0 Å². The van der Waals surface area contributed by atoms with E-state index in [-0.39, 0.29) is 12.8 Å². The van der Waals surface area contributed by atoms with Gasteiger partial charge in [0.1, 0.15) is 12.7 Å². The molecule has 0 aliphatic heterocycles. The van der Waals surface area contributed by atoms with Gasteiger partial charge in [0.25, 0.3) is 0 Å². The van der Waals surface area contributed by atoms with Gasteiger partial charge in [0.15, 0.2) is 6.04 Å². The van der Waals surface area contributed by atoms with Crippen LogP contribution < -0.4 is 5.32 Å². The fourth-order valence-electron chi connectivity index (χ4n) is 5.37. The van der Waals surface area contributed by atoms with E-state index in [1.165, 1.54) is 103 Å². The van der Waals surface area contributed by atoms with Crippen LogP contribution in [0.1, 0.15) is 181 Å². The molecule has 0 aromatic heterocycles. The molecule has 11 nitrogen and oxygen atoms in total. The number of aliphatic hydroxyl groups is 1. The number of carboxylic acids is 1. The molecule has 0 aliphatic rings. The minimum absolute atomic E-state index is 0.152. The number of ether oxygens (including phenoxy) is 1. The number of carbonyl (C=O) groups is 3. The largest absolute Gasteiger partial charge is 0.480 e. The molecule has 3 atom stereocenters. The summed E-state index contributed by atoms with van der Waals surface area (Å²) in [7, 11) is -4.74. The Balaban J connectivity index is 3.96. The van der Waals surface area contributed by atoms with Crippen molar-refractivity contribution in [2.45, 2.75) is 193 Å². The zero-order valence-electron chi connectivity index (χ0n) is 30.3.